The first kappa shape index (κ1) is 11.3. The van der Waals surface area contributed by atoms with E-state index >= 15 is 0 Å². The van der Waals surface area contributed by atoms with Crippen LogP contribution in [-0.4, -0.2) is 21.2 Å². The fraction of sp³-hybridized carbons (Fsp3) is 0.0769. The number of carboxylic acids is 1. The Morgan fingerprint density at radius 3 is 2.24 bits per heavy atom. The number of carboxylic acid groups (broad SMARTS) is 1. The SMILES string of the molecule is O=C(O)[C@](O)(c1ccccc1)c1cccnc1. The van der Waals surface area contributed by atoms with Crippen molar-refractivity contribution in [2.75, 3.05) is 0 Å². The number of carbonyl (C=O) groups is 1. The van der Waals surface area contributed by atoms with Crippen molar-refractivity contribution in [2.45, 2.75) is 5.60 Å². The number of aromatic nitrogens is 1. The van der Waals surface area contributed by atoms with E-state index in [0.29, 0.717) is 5.56 Å². The fourth-order valence-corrected chi connectivity index (χ4v) is 1.67. The predicted molar refractivity (Wildman–Crippen MR) is 61.3 cm³/mol. The number of benzene rings is 1. The zero-order chi connectivity index (χ0) is 12.3. The van der Waals surface area contributed by atoms with Crippen molar-refractivity contribution in [3.05, 3.63) is 66.0 Å². The first-order valence-corrected chi connectivity index (χ1v) is 5.07. The van der Waals surface area contributed by atoms with Gasteiger partial charge in [0.2, 0.25) is 5.60 Å². The molecule has 0 aliphatic rings. The van der Waals surface area contributed by atoms with Crippen LogP contribution in [0.15, 0.2) is 54.9 Å². The minimum absolute atomic E-state index is 0.235. The normalized spacial score (nSPS) is 13.9. The summed E-state index contributed by atoms with van der Waals surface area (Å²) < 4.78 is 0. The molecule has 1 aromatic carbocycles. The molecule has 0 unspecified atom stereocenters. The number of nitrogens with zero attached hydrogens (tertiary/aromatic N) is 1. The Bertz CT molecular complexity index is 471. The lowest BCUT2D eigenvalue weighted by Crippen LogP contribution is -2.36. The van der Waals surface area contributed by atoms with Crippen molar-refractivity contribution in [3.63, 3.8) is 0 Å². The summed E-state index contributed by atoms with van der Waals surface area (Å²) in [6, 6.07) is 11.4. The van der Waals surface area contributed by atoms with Crippen LogP contribution in [0.1, 0.15) is 11.1 Å². The highest BCUT2D eigenvalue weighted by Gasteiger charge is 2.40. The average molecular weight is 229 g/mol. The molecular weight excluding hydrogens is 218 g/mol. The molecule has 0 saturated heterocycles. The monoisotopic (exact) mass is 229 g/mol. The maximum atomic E-state index is 11.3. The molecule has 0 fully saturated rings. The molecule has 0 spiro atoms. The van der Waals surface area contributed by atoms with Crippen LogP contribution >= 0.6 is 0 Å². The molecule has 1 atom stereocenters. The van der Waals surface area contributed by atoms with Crippen LogP contribution in [0.3, 0.4) is 0 Å². The Morgan fingerprint density at radius 1 is 1.06 bits per heavy atom. The summed E-state index contributed by atoms with van der Waals surface area (Å²) in [7, 11) is 0. The molecule has 0 aliphatic carbocycles. The number of pyridine rings is 1. The van der Waals surface area contributed by atoms with E-state index in [1.165, 1.54) is 18.5 Å². The summed E-state index contributed by atoms with van der Waals surface area (Å²) in [5.74, 6) is -1.32. The van der Waals surface area contributed by atoms with E-state index in [1.54, 1.807) is 36.4 Å². The molecule has 0 aliphatic heterocycles. The third-order valence-electron chi connectivity index (χ3n) is 2.58. The molecular formula is C13H11NO3. The molecule has 1 heterocycles. The predicted octanol–water partition coefficient (Wildman–Crippen LogP) is 1.40. The van der Waals surface area contributed by atoms with Crippen molar-refractivity contribution in [1.29, 1.82) is 0 Å². The van der Waals surface area contributed by atoms with Gasteiger partial charge in [0.15, 0.2) is 0 Å². The molecule has 2 rings (SSSR count). The third-order valence-corrected chi connectivity index (χ3v) is 2.58. The summed E-state index contributed by atoms with van der Waals surface area (Å²) in [6.45, 7) is 0. The molecule has 2 aromatic rings. The maximum absolute atomic E-state index is 11.3. The summed E-state index contributed by atoms with van der Waals surface area (Å²) in [5, 5.41) is 19.7. The first-order chi connectivity index (χ1) is 8.15. The van der Waals surface area contributed by atoms with E-state index in [1.807, 2.05) is 0 Å². The van der Waals surface area contributed by atoms with Crippen molar-refractivity contribution < 1.29 is 15.0 Å². The van der Waals surface area contributed by atoms with E-state index in [4.69, 9.17) is 0 Å². The highest BCUT2D eigenvalue weighted by atomic mass is 16.4. The van der Waals surface area contributed by atoms with Gasteiger partial charge in [0, 0.05) is 18.0 Å². The molecule has 4 heteroatoms. The maximum Gasteiger partial charge on any atom is 0.345 e. The second-order valence-corrected chi connectivity index (χ2v) is 3.62. The van der Waals surface area contributed by atoms with Crippen LogP contribution in [-0.2, 0) is 10.4 Å². The average Bonchev–Trinajstić information content (AvgIpc) is 2.39. The lowest BCUT2D eigenvalue weighted by atomic mass is 9.87. The smallest absolute Gasteiger partial charge is 0.345 e. The van der Waals surface area contributed by atoms with Crippen LogP contribution in [0, 0.1) is 0 Å². The Kier molecular flexibility index (Phi) is 2.89. The number of aliphatic hydroxyl groups is 1. The first-order valence-electron chi connectivity index (χ1n) is 5.07. The molecule has 4 nitrogen and oxygen atoms in total. The Morgan fingerprint density at radius 2 is 1.71 bits per heavy atom. The van der Waals surface area contributed by atoms with Gasteiger partial charge in [0.25, 0.3) is 0 Å². The molecule has 1 aromatic heterocycles. The Balaban J connectivity index is 2.59. The zero-order valence-electron chi connectivity index (χ0n) is 8.95. The van der Waals surface area contributed by atoms with Crippen LogP contribution in [0.2, 0.25) is 0 Å². The van der Waals surface area contributed by atoms with Gasteiger partial charge in [-0.3, -0.25) is 4.98 Å². The van der Waals surface area contributed by atoms with Crippen molar-refractivity contribution in [3.8, 4) is 0 Å². The van der Waals surface area contributed by atoms with E-state index in [0.717, 1.165) is 0 Å². The van der Waals surface area contributed by atoms with Gasteiger partial charge in [-0.05, 0) is 11.6 Å². The van der Waals surface area contributed by atoms with Gasteiger partial charge in [-0.15, -0.1) is 0 Å². The number of rotatable bonds is 3. The lowest BCUT2D eigenvalue weighted by Gasteiger charge is -2.23. The minimum Gasteiger partial charge on any atom is -0.479 e. The van der Waals surface area contributed by atoms with Crippen LogP contribution in [0.5, 0.6) is 0 Å². The lowest BCUT2D eigenvalue weighted by molar-refractivity contribution is -0.155. The van der Waals surface area contributed by atoms with Gasteiger partial charge < -0.3 is 10.2 Å². The summed E-state index contributed by atoms with van der Waals surface area (Å²) in [4.78, 5) is 15.2. The molecule has 0 amide bonds. The quantitative estimate of drug-likeness (QED) is 0.834. The highest BCUT2D eigenvalue weighted by molar-refractivity contribution is 5.83. The number of hydrogen-bond donors (Lipinski definition) is 2. The topological polar surface area (TPSA) is 70.4 Å². The molecule has 2 N–H and O–H groups in total. The van der Waals surface area contributed by atoms with Crippen LogP contribution in [0.4, 0.5) is 0 Å². The third kappa shape index (κ3) is 1.90. The van der Waals surface area contributed by atoms with E-state index < -0.39 is 11.6 Å². The summed E-state index contributed by atoms with van der Waals surface area (Å²) in [5.41, 5.74) is -1.52. The largest absolute Gasteiger partial charge is 0.479 e. The molecule has 86 valence electrons. The molecule has 0 bridgehead atoms. The number of hydrogen-bond acceptors (Lipinski definition) is 3. The summed E-state index contributed by atoms with van der Waals surface area (Å²) >= 11 is 0. The molecule has 0 saturated carbocycles. The zero-order valence-corrected chi connectivity index (χ0v) is 8.95. The van der Waals surface area contributed by atoms with Gasteiger partial charge in [-0.2, -0.15) is 0 Å². The van der Waals surface area contributed by atoms with E-state index in [9.17, 15) is 15.0 Å². The van der Waals surface area contributed by atoms with Crippen LogP contribution < -0.4 is 0 Å². The molecule has 17 heavy (non-hydrogen) atoms. The van der Waals surface area contributed by atoms with Crippen molar-refractivity contribution in [1.82, 2.24) is 4.98 Å². The number of aliphatic carboxylic acids is 1. The second-order valence-electron chi connectivity index (χ2n) is 3.62. The van der Waals surface area contributed by atoms with E-state index in [-0.39, 0.29) is 5.56 Å². The van der Waals surface area contributed by atoms with Gasteiger partial charge in [0.05, 0.1) is 0 Å². The fourth-order valence-electron chi connectivity index (χ4n) is 1.67. The van der Waals surface area contributed by atoms with Gasteiger partial charge >= 0.3 is 5.97 Å². The van der Waals surface area contributed by atoms with Crippen molar-refractivity contribution >= 4 is 5.97 Å². The van der Waals surface area contributed by atoms with E-state index in [2.05, 4.69) is 4.98 Å². The van der Waals surface area contributed by atoms with Gasteiger partial charge in [-0.1, -0.05) is 36.4 Å². The molecule has 0 radical (unpaired) electrons. The summed E-state index contributed by atoms with van der Waals surface area (Å²) in [6.07, 6.45) is 2.87. The Hall–Kier alpha value is -2.20. The second kappa shape index (κ2) is 4.35. The van der Waals surface area contributed by atoms with Crippen LogP contribution in [0.25, 0.3) is 0 Å². The highest BCUT2D eigenvalue weighted by Crippen LogP contribution is 2.29. The van der Waals surface area contributed by atoms with Crippen molar-refractivity contribution in [2.24, 2.45) is 0 Å². The van der Waals surface area contributed by atoms with Gasteiger partial charge in [0.1, 0.15) is 0 Å². The van der Waals surface area contributed by atoms with Gasteiger partial charge in [-0.25, -0.2) is 4.79 Å². The minimum atomic E-state index is -2.06. The Labute approximate surface area is 98.2 Å². The standard InChI is InChI=1S/C13H11NO3/c15-12(16)13(17,10-5-2-1-3-6-10)11-7-4-8-14-9-11/h1-9,17H,(H,15,16)/t13-/m0/s1.